The first-order chi connectivity index (χ1) is 11.8. The van der Waals surface area contributed by atoms with Crippen LogP contribution in [0, 0.1) is 0 Å². The van der Waals surface area contributed by atoms with Crippen molar-refractivity contribution in [3.63, 3.8) is 0 Å². The molecule has 1 aromatic heterocycles. The second kappa shape index (κ2) is 5.94. The second-order valence-electron chi connectivity index (χ2n) is 7.36. The summed E-state index contributed by atoms with van der Waals surface area (Å²) in [5, 5.41) is 8.20. The average Bonchev–Trinajstić information content (AvgIpc) is 3.19. The second-order valence-corrected chi connectivity index (χ2v) is 9.51. The average molecular weight is 369 g/mol. The number of nitrogens with zero attached hydrogens (tertiary/aromatic N) is 5. The van der Waals surface area contributed by atoms with Crippen LogP contribution >= 0.6 is 0 Å². The standard InChI is InChI=1S/C15H23N5O4S/c1-18(2)15(21)20-6-5-19(11-8-25(22,23)9-12(11)20)7-13-16-17-14(24-13)10-3-4-10/h10-12H,3-9H2,1-2H3/t11-,12+/m1/s1. The number of fused-ring (bicyclic) bond motifs is 1. The van der Waals surface area contributed by atoms with Crippen LogP contribution in [0.15, 0.2) is 4.42 Å². The maximum Gasteiger partial charge on any atom is 0.319 e. The van der Waals surface area contributed by atoms with Crippen molar-refractivity contribution in [2.45, 2.75) is 37.4 Å². The Bertz CT molecular complexity index is 773. The van der Waals surface area contributed by atoms with Gasteiger partial charge in [0.15, 0.2) is 9.84 Å². The Hall–Kier alpha value is -1.68. The number of hydrogen-bond acceptors (Lipinski definition) is 7. The van der Waals surface area contributed by atoms with Crippen molar-refractivity contribution >= 4 is 15.9 Å². The van der Waals surface area contributed by atoms with Gasteiger partial charge in [-0.3, -0.25) is 4.90 Å². The molecule has 9 nitrogen and oxygen atoms in total. The molecule has 25 heavy (non-hydrogen) atoms. The minimum Gasteiger partial charge on any atom is -0.424 e. The SMILES string of the molecule is CN(C)C(=O)N1CCN(Cc2nnc(C3CC3)o2)[C@@H]2CS(=O)(=O)C[C@@H]21. The van der Waals surface area contributed by atoms with Gasteiger partial charge in [0.2, 0.25) is 11.8 Å². The Kier molecular flexibility index (Phi) is 3.99. The Balaban J connectivity index is 1.52. The van der Waals surface area contributed by atoms with E-state index in [1.165, 1.54) is 4.90 Å². The lowest BCUT2D eigenvalue weighted by molar-refractivity contribution is 0.0470. The van der Waals surface area contributed by atoms with Gasteiger partial charge < -0.3 is 14.2 Å². The van der Waals surface area contributed by atoms with Gasteiger partial charge in [0.25, 0.3) is 0 Å². The van der Waals surface area contributed by atoms with Gasteiger partial charge in [-0.15, -0.1) is 10.2 Å². The van der Waals surface area contributed by atoms with Crippen LogP contribution in [0.4, 0.5) is 4.79 Å². The summed E-state index contributed by atoms with van der Waals surface area (Å²) < 4.78 is 30.1. The lowest BCUT2D eigenvalue weighted by Gasteiger charge is -2.44. The van der Waals surface area contributed by atoms with Crippen molar-refractivity contribution < 1.29 is 17.6 Å². The fourth-order valence-corrected chi connectivity index (χ4v) is 5.73. The van der Waals surface area contributed by atoms with Gasteiger partial charge in [-0.2, -0.15) is 0 Å². The first kappa shape index (κ1) is 16.8. The predicted molar refractivity (Wildman–Crippen MR) is 88.7 cm³/mol. The zero-order valence-electron chi connectivity index (χ0n) is 14.5. The molecule has 1 saturated carbocycles. The monoisotopic (exact) mass is 369 g/mol. The summed E-state index contributed by atoms with van der Waals surface area (Å²) in [5.74, 6) is 1.70. The number of hydrogen-bond donors (Lipinski definition) is 0. The van der Waals surface area contributed by atoms with E-state index >= 15 is 0 Å². The summed E-state index contributed by atoms with van der Waals surface area (Å²) in [6.45, 7) is 1.52. The highest BCUT2D eigenvalue weighted by atomic mass is 32.2. The normalized spacial score (nSPS) is 28.8. The van der Waals surface area contributed by atoms with E-state index in [1.54, 1.807) is 19.0 Å². The molecule has 138 valence electrons. The molecule has 0 N–H and O–H groups in total. The maximum absolute atomic E-state index is 12.4. The first-order valence-corrected chi connectivity index (χ1v) is 10.4. The molecule has 0 unspecified atom stereocenters. The molecule has 0 spiro atoms. The van der Waals surface area contributed by atoms with Gasteiger partial charge in [0.1, 0.15) is 0 Å². The largest absolute Gasteiger partial charge is 0.424 e. The molecule has 1 aliphatic carbocycles. The van der Waals surface area contributed by atoms with Crippen molar-refractivity contribution in [2.75, 3.05) is 38.7 Å². The topological polar surface area (TPSA) is 99.8 Å². The number of carbonyl (C=O) groups is 1. The Morgan fingerprint density at radius 2 is 1.92 bits per heavy atom. The summed E-state index contributed by atoms with van der Waals surface area (Å²) in [7, 11) is 0.206. The summed E-state index contributed by atoms with van der Waals surface area (Å²) in [4.78, 5) is 17.7. The summed E-state index contributed by atoms with van der Waals surface area (Å²) in [5.41, 5.74) is 0. The van der Waals surface area contributed by atoms with E-state index in [0.29, 0.717) is 37.3 Å². The molecule has 4 rings (SSSR count). The fraction of sp³-hybridized carbons (Fsp3) is 0.800. The molecule has 1 aromatic rings. The summed E-state index contributed by atoms with van der Waals surface area (Å²) >= 11 is 0. The van der Waals surface area contributed by atoms with E-state index in [0.717, 1.165) is 12.8 Å². The van der Waals surface area contributed by atoms with Crippen LogP contribution < -0.4 is 0 Å². The van der Waals surface area contributed by atoms with E-state index in [9.17, 15) is 13.2 Å². The minimum absolute atomic E-state index is 0.0188. The molecule has 10 heteroatoms. The molecule has 0 radical (unpaired) electrons. The molecule has 2 atom stereocenters. The van der Waals surface area contributed by atoms with Gasteiger partial charge in [0, 0.05) is 39.1 Å². The molecule has 2 amide bonds. The molecule has 0 bridgehead atoms. The number of sulfone groups is 1. The lowest BCUT2D eigenvalue weighted by atomic mass is 10.1. The Morgan fingerprint density at radius 3 is 2.60 bits per heavy atom. The van der Waals surface area contributed by atoms with Crippen molar-refractivity contribution in [3.05, 3.63) is 11.8 Å². The highest BCUT2D eigenvalue weighted by Crippen LogP contribution is 2.39. The van der Waals surface area contributed by atoms with E-state index in [1.807, 2.05) is 0 Å². The molecule has 0 aromatic carbocycles. The highest BCUT2D eigenvalue weighted by molar-refractivity contribution is 7.91. The molecule has 2 saturated heterocycles. The Labute approximate surface area is 146 Å². The fourth-order valence-electron chi connectivity index (χ4n) is 3.71. The third-order valence-corrected chi connectivity index (χ3v) is 6.87. The van der Waals surface area contributed by atoms with Crippen LogP contribution in [0.25, 0.3) is 0 Å². The number of amides is 2. The van der Waals surface area contributed by atoms with Crippen LogP contribution in [0.5, 0.6) is 0 Å². The molecular weight excluding hydrogens is 346 g/mol. The number of rotatable bonds is 3. The van der Waals surface area contributed by atoms with Gasteiger partial charge >= 0.3 is 6.03 Å². The molecule has 3 heterocycles. The number of piperazine rings is 1. The minimum atomic E-state index is -3.17. The van der Waals surface area contributed by atoms with E-state index < -0.39 is 9.84 Å². The van der Waals surface area contributed by atoms with Crippen molar-refractivity contribution in [3.8, 4) is 0 Å². The smallest absolute Gasteiger partial charge is 0.319 e. The highest BCUT2D eigenvalue weighted by Gasteiger charge is 2.48. The van der Waals surface area contributed by atoms with Crippen molar-refractivity contribution in [1.82, 2.24) is 24.9 Å². The van der Waals surface area contributed by atoms with Crippen LogP contribution in [0.3, 0.4) is 0 Å². The van der Waals surface area contributed by atoms with Gasteiger partial charge in [-0.25, -0.2) is 13.2 Å². The number of aromatic nitrogens is 2. The van der Waals surface area contributed by atoms with E-state index in [4.69, 9.17) is 4.42 Å². The third-order valence-electron chi connectivity index (χ3n) is 5.17. The van der Waals surface area contributed by atoms with Gasteiger partial charge in [-0.1, -0.05) is 0 Å². The first-order valence-electron chi connectivity index (χ1n) is 8.59. The van der Waals surface area contributed by atoms with Crippen LogP contribution in [-0.4, -0.2) is 90.1 Å². The zero-order chi connectivity index (χ0) is 17.8. The number of urea groups is 1. The summed E-state index contributed by atoms with van der Waals surface area (Å²) in [6.07, 6.45) is 2.19. The summed E-state index contributed by atoms with van der Waals surface area (Å²) in [6, 6.07) is -0.682. The zero-order valence-corrected chi connectivity index (χ0v) is 15.3. The molecule has 2 aliphatic heterocycles. The van der Waals surface area contributed by atoms with E-state index in [2.05, 4.69) is 15.1 Å². The van der Waals surface area contributed by atoms with Crippen LogP contribution in [-0.2, 0) is 16.4 Å². The van der Waals surface area contributed by atoms with Crippen LogP contribution in [0.1, 0.15) is 30.5 Å². The Morgan fingerprint density at radius 1 is 1.20 bits per heavy atom. The lowest BCUT2D eigenvalue weighted by Crippen LogP contribution is -2.61. The van der Waals surface area contributed by atoms with Gasteiger partial charge in [-0.05, 0) is 12.8 Å². The van der Waals surface area contributed by atoms with Crippen molar-refractivity contribution in [1.29, 1.82) is 0 Å². The van der Waals surface area contributed by atoms with Crippen LogP contribution in [0.2, 0.25) is 0 Å². The molecular formula is C15H23N5O4S. The molecule has 3 aliphatic rings. The predicted octanol–water partition coefficient (Wildman–Crippen LogP) is -0.0882. The third kappa shape index (κ3) is 3.24. The number of carbonyl (C=O) groups excluding carboxylic acids is 1. The van der Waals surface area contributed by atoms with E-state index in [-0.39, 0.29) is 29.6 Å². The maximum atomic E-state index is 12.4. The quantitative estimate of drug-likeness (QED) is 0.734. The van der Waals surface area contributed by atoms with Gasteiger partial charge in [0.05, 0.1) is 24.1 Å². The molecule has 3 fully saturated rings. The van der Waals surface area contributed by atoms with Crippen molar-refractivity contribution in [2.24, 2.45) is 0 Å².